The van der Waals surface area contributed by atoms with Gasteiger partial charge < -0.3 is 5.32 Å². The van der Waals surface area contributed by atoms with E-state index in [1.165, 1.54) is 12.8 Å². The minimum atomic E-state index is 0.160. The molecule has 3 aromatic heterocycles. The van der Waals surface area contributed by atoms with Crippen molar-refractivity contribution in [3.63, 3.8) is 0 Å². The second-order valence-electron chi connectivity index (χ2n) is 5.86. The van der Waals surface area contributed by atoms with Gasteiger partial charge in [-0.3, -0.25) is 10.1 Å². The maximum atomic E-state index is 4.72. The molecule has 2 N–H and O–H groups in total. The predicted molar refractivity (Wildman–Crippen MR) is 80.9 cm³/mol. The number of rotatable bonds is 3. The Hall–Kier alpha value is -2.50. The first-order chi connectivity index (χ1) is 10.1. The summed E-state index contributed by atoms with van der Waals surface area (Å²) in [7, 11) is 0. The predicted octanol–water partition coefficient (Wildman–Crippen LogP) is 2.69. The number of aromatic amines is 1. The van der Waals surface area contributed by atoms with Crippen molar-refractivity contribution in [2.24, 2.45) is 0 Å². The molecule has 4 rings (SSSR count). The summed E-state index contributed by atoms with van der Waals surface area (Å²) >= 11 is 0. The van der Waals surface area contributed by atoms with E-state index in [2.05, 4.69) is 32.4 Å². The van der Waals surface area contributed by atoms with Crippen LogP contribution in [0.3, 0.4) is 0 Å². The van der Waals surface area contributed by atoms with E-state index < -0.39 is 0 Å². The molecule has 6 heteroatoms. The first-order valence-corrected chi connectivity index (χ1v) is 7.05. The lowest BCUT2D eigenvalue weighted by atomic mass is 10.2. The van der Waals surface area contributed by atoms with Crippen LogP contribution in [0.2, 0.25) is 0 Å². The van der Waals surface area contributed by atoms with Gasteiger partial charge in [0.2, 0.25) is 0 Å². The maximum Gasteiger partial charge on any atom is 0.165 e. The van der Waals surface area contributed by atoms with Gasteiger partial charge in [-0.05, 0) is 32.8 Å². The van der Waals surface area contributed by atoms with E-state index in [1.807, 2.05) is 19.2 Å². The summed E-state index contributed by atoms with van der Waals surface area (Å²) in [5.74, 6) is 1.55. The number of hydrogen-bond donors (Lipinski definition) is 2. The molecule has 0 bridgehead atoms. The maximum absolute atomic E-state index is 4.72. The third-order valence-electron chi connectivity index (χ3n) is 3.99. The number of nitrogens with zero attached hydrogens (tertiary/aromatic N) is 4. The van der Waals surface area contributed by atoms with E-state index >= 15 is 0 Å². The second kappa shape index (κ2) is 4.25. The number of fused-ring (bicyclic) bond motifs is 1. The summed E-state index contributed by atoms with van der Waals surface area (Å²) in [5, 5.41) is 11.6. The molecular weight excluding hydrogens is 264 g/mol. The van der Waals surface area contributed by atoms with Crippen LogP contribution in [-0.4, -0.2) is 30.7 Å². The lowest BCUT2D eigenvalue weighted by molar-refractivity contribution is 0.823. The van der Waals surface area contributed by atoms with Gasteiger partial charge >= 0.3 is 0 Å². The molecule has 1 fully saturated rings. The zero-order valence-electron chi connectivity index (χ0n) is 12.0. The summed E-state index contributed by atoms with van der Waals surface area (Å²) in [4.78, 5) is 13.5. The van der Waals surface area contributed by atoms with Crippen molar-refractivity contribution < 1.29 is 0 Å². The molecule has 1 aliphatic rings. The van der Waals surface area contributed by atoms with Crippen LogP contribution < -0.4 is 5.32 Å². The fourth-order valence-corrected chi connectivity index (χ4v) is 2.38. The standard InChI is InChI=1S/C15H16N6/c1-9-11(7-17-21-9)13-18-12-8-16-6-3-10(12)14(19-13)20-15(2)4-5-15/h3,6-8H,4-5H2,1-2H3,(H,17,21)(H,18,19,20). The van der Waals surface area contributed by atoms with Crippen LogP contribution in [0.15, 0.2) is 24.7 Å². The van der Waals surface area contributed by atoms with Gasteiger partial charge in [-0.1, -0.05) is 0 Å². The van der Waals surface area contributed by atoms with Crippen LogP contribution in [0.25, 0.3) is 22.3 Å². The Balaban J connectivity index is 1.91. The van der Waals surface area contributed by atoms with Crippen LogP contribution in [-0.2, 0) is 0 Å². The molecule has 1 saturated carbocycles. The molecule has 3 aromatic rings. The van der Waals surface area contributed by atoms with Crippen molar-refractivity contribution in [1.29, 1.82) is 0 Å². The zero-order chi connectivity index (χ0) is 14.4. The Morgan fingerprint density at radius 1 is 1.29 bits per heavy atom. The highest BCUT2D eigenvalue weighted by molar-refractivity contribution is 5.90. The van der Waals surface area contributed by atoms with Crippen LogP contribution in [0.5, 0.6) is 0 Å². The van der Waals surface area contributed by atoms with Crippen molar-refractivity contribution in [3.05, 3.63) is 30.4 Å². The van der Waals surface area contributed by atoms with Gasteiger partial charge in [-0.25, -0.2) is 9.97 Å². The fraction of sp³-hybridized carbons (Fsp3) is 0.333. The smallest absolute Gasteiger partial charge is 0.165 e. The lowest BCUT2D eigenvalue weighted by Crippen LogP contribution is -2.17. The average Bonchev–Trinajstić information content (AvgIpc) is 3.04. The molecule has 0 aliphatic heterocycles. The van der Waals surface area contributed by atoms with Gasteiger partial charge in [0, 0.05) is 23.3 Å². The molecule has 0 spiro atoms. The highest BCUT2D eigenvalue weighted by Gasteiger charge is 2.38. The van der Waals surface area contributed by atoms with Crippen molar-refractivity contribution in [2.45, 2.75) is 32.2 Å². The normalized spacial score (nSPS) is 16.1. The fourth-order valence-electron chi connectivity index (χ4n) is 2.38. The molecule has 0 saturated heterocycles. The van der Waals surface area contributed by atoms with Crippen molar-refractivity contribution in [1.82, 2.24) is 25.1 Å². The third kappa shape index (κ3) is 2.12. The molecule has 0 atom stereocenters. The molecule has 21 heavy (non-hydrogen) atoms. The molecule has 3 heterocycles. The van der Waals surface area contributed by atoms with E-state index in [-0.39, 0.29) is 5.54 Å². The Bertz CT molecular complexity index is 818. The van der Waals surface area contributed by atoms with Crippen LogP contribution >= 0.6 is 0 Å². The number of nitrogens with one attached hydrogen (secondary N) is 2. The lowest BCUT2D eigenvalue weighted by Gasteiger charge is -2.15. The van der Waals surface area contributed by atoms with Crippen LogP contribution in [0.4, 0.5) is 5.82 Å². The van der Waals surface area contributed by atoms with Gasteiger partial charge in [-0.15, -0.1) is 0 Å². The largest absolute Gasteiger partial charge is 0.364 e. The number of pyridine rings is 1. The third-order valence-corrected chi connectivity index (χ3v) is 3.99. The minimum Gasteiger partial charge on any atom is -0.364 e. The van der Waals surface area contributed by atoms with Gasteiger partial charge in [0.05, 0.1) is 23.0 Å². The Labute approximate surface area is 122 Å². The molecule has 0 aromatic carbocycles. The van der Waals surface area contributed by atoms with Gasteiger partial charge in [0.15, 0.2) is 5.82 Å². The van der Waals surface area contributed by atoms with Gasteiger partial charge in [-0.2, -0.15) is 5.10 Å². The quantitative estimate of drug-likeness (QED) is 0.771. The van der Waals surface area contributed by atoms with Crippen molar-refractivity contribution in [2.75, 3.05) is 5.32 Å². The van der Waals surface area contributed by atoms with Crippen molar-refractivity contribution in [3.8, 4) is 11.4 Å². The first kappa shape index (κ1) is 12.3. The number of aromatic nitrogens is 5. The molecule has 106 valence electrons. The summed E-state index contributed by atoms with van der Waals surface area (Å²) in [6, 6.07) is 1.95. The second-order valence-corrected chi connectivity index (χ2v) is 5.86. The van der Waals surface area contributed by atoms with Crippen molar-refractivity contribution >= 4 is 16.7 Å². The highest BCUT2D eigenvalue weighted by atomic mass is 15.1. The van der Waals surface area contributed by atoms with Gasteiger partial charge in [0.1, 0.15) is 5.82 Å². The SMILES string of the molecule is Cc1n[nH]cc1-c1nc(NC2(C)CC2)c2ccncc2n1. The molecule has 0 radical (unpaired) electrons. The molecule has 6 nitrogen and oxygen atoms in total. The summed E-state index contributed by atoms with van der Waals surface area (Å²) in [6.07, 6.45) is 7.72. The van der Waals surface area contributed by atoms with E-state index in [1.54, 1.807) is 12.4 Å². The first-order valence-electron chi connectivity index (χ1n) is 7.05. The summed E-state index contributed by atoms with van der Waals surface area (Å²) in [6.45, 7) is 4.16. The minimum absolute atomic E-state index is 0.160. The monoisotopic (exact) mass is 280 g/mol. The Morgan fingerprint density at radius 2 is 2.14 bits per heavy atom. The van der Waals surface area contributed by atoms with E-state index in [0.717, 1.165) is 28.0 Å². The number of hydrogen-bond acceptors (Lipinski definition) is 5. The Kier molecular flexibility index (Phi) is 2.48. The van der Waals surface area contributed by atoms with Crippen LogP contribution in [0.1, 0.15) is 25.5 Å². The van der Waals surface area contributed by atoms with Gasteiger partial charge in [0.25, 0.3) is 0 Å². The number of anilines is 1. The van der Waals surface area contributed by atoms with Crippen LogP contribution in [0, 0.1) is 6.92 Å². The number of H-pyrrole nitrogens is 1. The van der Waals surface area contributed by atoms with E-state index in [9.17, 15) is 0 Å². The number of aryl methyl sites for hydroxylation is 1. The summed E-state index contributed by atoms with van der Waals surface area (Å²) < 4.78 is 0. The van der Waals surface area contributed by atoms with E-state index in [0.29, 0.717) is 5.82 Å². The average molecular weight is 280 g/mol. The zero-order valence-corrected chi connectivity index (χ0v) is 12.0. The molecule has 0 amide bonds. The van der Waals surface area contributed by atoms with E-state index in [4.69, 9.17) is 4.98 Å². The summed E-state index contributed by atoms with van der Waals surface area (Å²) in [5.41, 5.74) is 2.81. The molecular formula is C15H16N6. The topological polar surface area (TPSA) is 79.4 Å². The molecule has 0 unspecified atom stereocenters. The highest BCUT2D eigenvalue weighted by Crippen LogP contribution is 2.39. The Morgan fingerprint density at radius 3 is 2.86 bits per heavy atom. The molecule has 1 aliphatic carbocycles.